The highest BCUT2D eigenvalue weighted by atomic mass is 35.5. The van der Waals surface area contributed by atoms with Crippen LogP contribution in [0.15, 0.2) is 57.7 Å². The molecule has 0 radical (unpaired) electrons. The topological polar surface area (TPSA) is 88.4 Å². The van der Waals surface area contributed by atoms with Gasteiger partial charge < -0.3 is 15.1 Å². The molecule has 6 nitrogen and oxygen atoms in total. The molecule has 1 aromatic heterocycles. The van der Waals surface area contributed by atoms with Crippen LogP contribution in [-0.2, 0) is 4.79 Å². The molecule has 3 rings (SSSR count). The molecular formula is C18H12Cl2N2O4. The predicted molar refractivity (Wildman–Crippen MR) is 99.9 cm³/mol. The van der Waals surface area contributed by atoms with Crippen LogP contribution < -0.4 is 16.3 Å². The first-order chi connectivity index (χ1) is 12.4. The first kappa shape index (κ1) is 18.0. The van der Waals surface area contributed by atoms with E-state index in [0.29, 0.717) is 26.7 Å². The predicted octanol–water partition coefficient (Wildman–Crippen LogP) is 3.47. The summed E-state index contributed by atoms with van der Waals surface area (Å²) in [5, 5.41) is 6.22. The molecular weight excluding hydrogens is 379 g/mol. The summed E-state index contributed by atoms with van der Waals surface area (Å²) >= 11 is 11.8. The molecule has 0 aliphatic heterocycles. The Morgan fingerprint density at radius 1 is 1.04 bits per heavy atom. The van der Waals surface area contributed by atoms with Crippen molar-refractivity contribution in [3.05, 3.63) is 74.6 Å². The summed E-state index contributed by atoms with van der Waals surface area (Å²) in [4.78, 5) is 36.1. The van der Waals surface area contributed by atoms with E-state index in [1.54, 1.807) is 36.4 Å². The summed E-state index contributed by atoms with van der Waals surface area (Å²) in [6.07, 6.45) is 0. The van der Waals surface area contributed by atoms with Gasteiger partial charge in [-0.2, -0.15) is 0 Å². The van der Waals surface area contributed by atoms with E-state index in [0.717, 1.165) is 0 Å². The summed E-state index contributed by atoms with van der Waals surface area (Å²) < 4.78 is 5.10. The first-order valence-electron chi connectivity index (χ1n) is 7.50. The Bertz CT molecular complexity index is 1060. The van der Waals surface area contributed by atoms with Gasteiger partial charge in [0.15, 0.2) is 0 Å². The molecule has 0 saturated carbocycles. The van der Waals surface area contributed by atoms with Gasteiger partial charge >= 0.3 is 5.63 Å². The summed E-state index contributed by atoms with van der Waals surface area (Å²) in [5.74, 6) is -1.23. The highest BCUT2D eigenvalue weighted by Crippen LogP contribution is 2.25. The van der Waals surface area contributed by atoms with E-state index in [4.69, 9.17) is 27.6 Å². The van der Waals surface area contributed by atoms with Crippen molar-refractivity contribution in [2.24, 2.45) is 0 Å². The third-order valence-electron chi connectivity index (χ3n) is 3.50. The lowest BCUT2D eigenvalue weighted by Crippen LogP contribution is -2.35. The van der Waals surface area contributed by atoms with E-state index in [9.17, 15) is 14.4 Å². The van der Waals surface area contributed by atoms with Gasteiger partial charge in [0.05, 0.1) is 17.3 Å². The van der Waals surface area contributed by atoms with E-state index in [1.165, 1.54) is 12.1 Å². The maximum atomic E-state index is 12.2. The van der Waals surface area contributed by atoms with Gasteiger partial charge in [-0.3, -0.25) is 9.59 Å². The van der Waals surface area contributed by atoms with Crippen LogP contribution in [0, 0.1) is 0 Å². The fourth-order valence-electron chi connectivity index (χ4n) is 2.26. The standard InChI is InChI=1S/C18H12Cl2N2O4/c19-11-5-6-13(20)14(8-11)22-16(23)9-21-17(24)12-7-10-3-1-2-4-15(10)26-18(12)25/h1-8H,9H2,(H,21,24)(H,22,23). The largest absolute Gasteiger partial charge is 0.422 e. The quantitative estimate of drug-likeness (QED) is 0.667. The number of benzene rings is 2. The van der Waals surface area contributed by atoms with Crippen LogP contribution in [0.2, 0.25) is 10.0 Å². The lowest BCUT2D eigenvalue weighted by atomic mass is 10.2. The zero-order valence-electron chi connectivity index (χ0n) is 13.2. The van der Waals surface area contributed by atoms with Gasteiger partial charge in [0.25, 0.3) is 5.91 Å². The number of carbonyl (C=O) groups excluding carboxylic acids is 2. The van der Waals surface area contributed by atoms with Crippen molar-refractivity contribution in [2.45, 2.75) is 0 Å². The molecule has 26 heavy (non-hydrogen) atoms. The minimum absolute atomic E-state index is 0.183. The van der Waals surface area contributed by atoms with Gasteiger partial charge in [-0.05, 0) is 30.3 Å². The molecule has 0 aliphatic carbocycles. The number of carbonyl (C=O) groups is 2. The first-order valence-corrected chi connectivity index (χ1v) is 8.25. The molecule has 0 unspecified atom stereocenters. The van der Waals surface area contributed by atoms with Gasteiger partial charge in [-0.15, -0.1) is 0 Å². The van der Waals surface area contributed by atoms with Crippen molar-refractivity contribution >= 4 is 51.7 Å². The van der Waals surface area contributed by atoms with Crippen molar-refractivity contribution in [3.63, 3.8) is 0 Å². The molecule has 0 bridgehead atoms. The monoisotopic (exact) mass is 390 g/mol. The molecule has 132 valence electrons. The molecule has 0 spiro atoms. The van der Waals surface area contributed by atoms with E-state index < -0.39 is 17.4 Å². The molecule has 1 heterocycles. The van der Waals surface area contributed by atoms with Gasteiger partial charge in [-0.25, -0.2) is 4.79 Å². The van der Waals surface area contributed by atoms with Gasteiger partial charge in [0, 0.05) is 10.4 Å². The van der Waals surface area contributed by atoms with Crippen molar-refractivity contribution in [3.8, 4) is 0 Å². The second-order valence-electron chi connectivity index (χ2n) is 5.34. The molecule has 2 aromatic carbocycles. The normalized spacial score (nSPS) is 10.5. The Hall–Kier alpha value is -2.83. The number of anilines is 1. The number of para-hydroxylation sites is 1. The third kappa shape index (κ3) is 4.04. The van der Waals surface area contributed by atoms with E-state index in [-0.39, 0.29) is 12.1 Å². The van der Waals surface area contributed by atoms with E-state index in [1.807, 2.05) is 0 Å². The number of hydrogen-bond donors (Lipinski definition) is 2. The molecule has 0 atom stereocenters. The van der Waals surface area contributed by atoms with Crippen LogP contribution in [0.1, 0.15) is 10.4 Å². The summed E-state index contributed by atoms with van der Waals surface area (Å²) in [5.41, 5.74) is -0.261. The van der Waals surface area contributed by atoms with Crippen LogP contribution in [0.25, 0.3) is 11.0 Å². The molecule has 0 saturated heterocycles. The molecule has 8 heteroatoms. The van der Waals surface area contributed by atoms with Crippen LogP contribution in [-0.4, -0.2) is 18.4 Å². The fraction of sp³-hybridized carbons (Fsp3) is 0.0556. The number of nitrogens with one attached hydrogen (secondary N) is 2. The lowest BCUT2D eigenvalue weighted by Gasteiger charge is -2.08. The zero-order valence-corrected chi connectivity index (χ0v) is 14.7. The Balaban J connectivity index is 1.69. The Kier molecular flexibility index (Phi) is 5.25. The van der Waals surface area contributed by atoms with Crippen molar-refractivity contribution in [2.75, 3.05) is 11.9 Å². The highest BCUT2D eigenvalue weighted by Gasteiger charge is 2.15. The fourth-order valence-corrected chi connectivity index (χ4v) is 2.60. The number of fused-ring (bicyclic) bond motifs is 1. The second-order valence-corrected chi connectivity index (χ2v) is 6.18. The number of hydrogen-bond acceptors (Lipinski definition) is 4. The molecule has 0 fully saturated rings. The highest BCUT2D eigenvalue weighted by molar-refractivity contribution is 6.35. The van der Waals surface area contributed by atoms with Gasteiger partial charge in [0.1, 0.15) is 11.1 Å². The molecule has 2 amide bonds. The van der Waals surface area contributed by atoms with Crippen molar-refractivity contribution in [1.82, 2.24) is 5.32 Å². The third-order valence-corrected chi connectivity index (χ3v) is 4.06. The van der Waals surface area contributed by atoms with Crippen molar-refractivity contribution < 1.29 is 14.0 Å². The van der Waals surface area contributed by atoms with Crippen LogP contribution in [0.5, 0.6) is 0 Å². The van der Waals surface area contributed by atoms with Gasteiger partial charge in [0.2, 0.25) is 5.91 Å². The Morgan fingerprint density at radius 3 is 2.62 bits per heavy atom. The van der Waals surface area contributed by atoms with E-state index >= 15 is 0 Å². The summed E-state index contributed by atoms with van der Waals surface area (Å²) in [6.45, 7) is -0.353. The second kappa shape index (κ2) is 7.59. The SMILES string of the molecule is O=C(CNC(=O)c1cc2ccccc2oc1=O)Nc1cc(Cl)ccc1Cl. The zero-order chi connectivity index (χ0) is 18.7. The molecule has 0 aliphatic rings. The maximum Gasteiger partial charge on any atom is 0.349 e. The van der Waals surface area contributed by atoms with E-state index in [2.05, 4.69) is 10.6 Å². The van der Waals surface area contributed by atoms with Crippen LogP contribution >= 0.6 is 23.2 Å². The number of rotatable bonds is 4. The van der Waals surface area contributed by atoms with Crippen LogP contribution in [0.4, 0.5) is 5.69 Å². The summed E-state index contributed by atoms with van der Waals surface area (Å²) in [7, 11) is 0. The summed E-state index contributed by atoms with van der Waals surface area (Å²) in [6, 6.07) is 12.8. The average Bonchev–Trinajstić information content (AvgIpc) is 2.62. The Morgan fingerprint density at radius 2 is 1.81 bits per heavy atom. The van der Waals surface area contributed by atoms with Gasteiger partial charge in [-0.1, -0.05) is 41.4 Å². The molecule has 2 N–H and O–H groups in total. The minimum atomic E-state index is -0.778. The molecule has 3 aromatic rings. The smallest absolute Gasteiger partial charge is 0.349 e. The number of amides is 2. The Labute approximate surface area is 157 Å². The number of halogens is 2. The average molecular weight is 391 g/mol. The maximum absolute atomic E-state index is 12.2. The van der Waals surface area contributed by atoms with Crippen LogP contribution in [0.3, 0.4) is 0 Å². The van der Waals surface area contributed by atoms with Crippen molar-refractivity contribution in [1.29, 1.82) is 0 Å². The lowest BCUT2D eigenvalue weighted by molar-refractivity contribution is -0.115. The minimum Gasteiger partial charge on any atom is -0.422 e.